The number of hydrogen-bond donors (Lipinski definition) is 0. The van der Waals surface area contributed by atoms with Gasteiger partial charge in [-0.3, -0.25) is 19.5 Å². The molecule has 4 aromatic rings. The maximum atomic E-state index is 13.6. The van der Waals surface area contributed by atoms with Gasteiger partial charge in [0.15, 0.2) is 6.20 Å². The summed E-state index contributed by atoms with van der Waals surface area (Å²) in [7, 11) is 0. The van der Waals surface area contributed by atoms with Crippen LogP contribution in [0.15, 0.2) is 60.9 Å². The van der Waals surface area contributed by atoms with Gasteiger partial charge in [-0.25, -0.2) is 0 Å². The monoisotopic (exact) mass is 535 g/mol. The fourth-order valence-corrected chi connectivity index (χ4v) is 5.64. The topological polar surface area (TPSA) is 74.7 Å². The molecule has 5 heterocycles. The molecule has 8 nitrogen and oxygen atoms in total. The predicted molar refractivity (Wildman–Crippen MR) is 135 cm³/mol. The molecule has 1 aromatic carbocycles. The lowest BCUT2D eigenvalue weighted by Crippen LogP contribution is -2.69. The molecule has 0 bridgehead atoms. The number of alkyl halides is 3. The fraction of sp³-hybridized carbons (Fsp3) is 0.321. The minimum Gasteiger partial charge on any atom is -0.329 e. The number of fused-ring (bicyclic) bond motifs is 5. The zero-order chi connectivity index (χ0) is 27.7. The Balaban J connectivity index is 1.45. The van der Waals surface area contributed by atoms with Crippen LogP contribution in [-0.2, 0) is 11.8 Å². The summed E-state index contributed by atoms with van der Waals surface area (Å²) < 4.78 is 42.9. The molecule has 11 heteroatoms. The van der Waals surface area contributed by atoms with Crippen LogP contribution in [0.5, 0.6) is 0 Å². The zero-order valence-corrected chi connectivity index (χ0v) is 21.6. The molecule has 3 aromatic heterocycles. The van der Waals surface area contributed by atoms with Crippen molar-refractivity contribution < 1.29 is 27.3 Å². The molecule has 2 aliphatic rings. The number of nitrogens with zero attached hydrogens (tertiary/aromatic N) is 6. The molecule has 0 spiro atoms. The first-order valence-electron chi connectivity index (χ1n) is 12.7. The van der Waals surface area contributed by atoms with Crippen LogP contribution >= 0.6 is 0 Å². The van der Waals surface area contributed by atoms with Gasteiger partial charge in [0.25, 0.3) is 5.91 Å². The average molecular weight is 536 g/mol. The molecule has 6 rings (SSSR count). The van der Waals surface area contributed by atoms with Crippen molar-refractivity contribution in [2.75, 3.05) is 19.6 Å². The highest BCUT2D eigenvalue weighted by molar-refractivity contribution is 5.95. The molecule has 2 amide bonds. The van der Waals surface area contributed by atoms with Gasteiger partial charge in [0.1, 0.15) is 11.4 Å². The van der Waals surface area contributed by atoms with Crippen LogP contribution in [0.2, 0.25) is 0 Å². The molecule has 0 radical (unpaired) electrons. The Morgan fingerprint density at radius 1 is 1.10 bits per heavy atom. The predicted octanol–water partition coefficient (Wildman–Crippen LogP) is 4.11. The van der Waals surface area contributed by atoms with E-state index in [4.69, 9.17) is 5.10 Å². The number of aromatic nitrogens is 4. The van der Waals surface area contributed by atoms with Gasteiger partial charge < -0.3 is 4.90 Å². The summed E-state index contributed by atoms with van der Waals surface area (Å²) in [4.78, 5) is 34.5. The van der Waals surface area contributed by atoms with Crippen molar-refractivity contribution in [2.45, 2.75) is 38.5 Å². The SMILES string of the molecule is CC(C)c1cc(-c2ccc(C(F)(F)F)cc2)nn2cc3[n+](c12)C1(C)CN(C(=O)c2ccccn2)CCN1C3=O. The molecule has 0 aliphatic carbocycles. The van der Waals surface area contributed by atoms with Gasteiger partial charge in [-0.05, 0) is 36.2 Å². The molecular formula is C28H26F3N6O2+. The summed E-state index contributed by atoms with van der Waals surface area (Å²) in [6, 6.07) is 11.9. The molecule has 1 saturated heterocycles. The van der Waals surface area contributed by atoms with Crippen LogP contribution in [0.25, 0.3) is 16.9 Å². The van der Waals surface area contributed by atoms with Crippen molar-refractivity contribution in [1.29, 1.82) is 0 Å². The van der Waals surface area contributed by atoms with E-state index in [0.29, 0.717) is 41.4 Å². The highest BCUT2D eigenvalue weighted by atomic mass is 19.4. The van der Waals surface area contributed by atoms with E-state index in [1.807, 2.05) is 31.4 Å². The van der Waals surface area contributed by atoms with Gasteiger partial charge in [-0.1, -0.05) is 41.7 Å². The number of hydrogen-bond acceptors (Lipinski definition) is 4. The van der Waals surface area contributed by atoms with Crippen molar-refractivity contribution >= 4 is 17.5 Å². The molecule has 1 atom stereocenters. The number of benzene rings is 1. The highest BCUT2D eigenvalue weighted by Gasteiger charge is 2.57. The number of carbonyl (C=O) groups is 2. The van der Waals surface area contributed by atoms with Gasteiger partial charge in [0.2, 0.25) is 11.4 Å². The number of halogens is 3. The number of amides is 2. The first-order chi connectivity index (χ1) is 18.5. The summed E-state index contributed by atoms with van der Waals surface area (Å²) in [6.07, 6.45) is -1.18. The van der Waals surface area contributed by atoms with Crippen LogP contribution in [0.1, 0.15) is 58.8 Å². The Labute approximate surface area is 222 Å². The Kier molecular flexibility index (Phi) is 5.53. The van der Waals surface area contributed by atoms with Gasteiger partial charge in [-0.2, -0.15) is 17.7 Å². The number of pyridine rings is 1. The Hall–Kier alpha value is -4.28. The van der Waals surface area contributed by atoms with Crippen molar-refractivity contribution in [3.05, 3.63) is 83.4 Å². The van der Waals surface area contributed by atoms with Crippen molar-refractivity contribution in [3.63, 3.8) is 0 Å². The highest BCUT2D eigenvalue weighted by Crippen LogP contribution is 2.35. The molecule has 200 valence electrons. The van der Waals surface area contributed by atoms with Crippen molar-refractivity contribution in [3.8, 4) is 11.3 Å². The smallest absolute Gasteiger partial charge is 0.329 e. The van der Waals surface area contributed by atoms with E-state index in [0.717, 1.165) is 17.7 Å². The van der Waals surface area contributed by atoms with E-state index in [-0.39, 0.29) is 24.3 Å². The van der Waals surface area contributed by atoms with E-state index >= 15 is 0 Å². The molecule has 39 heavy (non-hydrogen) atoms. The Morgan fingerprint density at radius 2 is 1.85 bits per heavy atom. The van der Waals surface area contributed by atoms with Gasteiger partial charge in [-0.15, -0.1) is 0 Å². The number of imidazole rings is 1. The van der Waals surface area contributed by atoms with Gasteiger partial charge in [0.05, 0.1) is 12.1 Å². The standard InChI is InChI=1S/C28H26F3N6O2/c1-17(2)20-14-22(18-7-9-19(10-8-18)28(29,30)31)33-36-15-23-26(39)35-13-12-34(16-27(35,3)37(23)24(20)36)25(38)21-6-4-5-11-32-21/h4-11,14-15,17H,12-13,16H2,1-3H3/q+1. The Morgan fingerprint density at radius 3 is 2.49 bits per heavy atom. The van der Waals surface area contributed by atoms with Gasteiger partial charge in [0, 0.05) is 37.3 Å². The quantitative estimate of drug-likeness (QED) is 0.370. The minimum absolute atomic E-state index is 0.0118. The molecule has 0 N–H and O–H groups in total. The third kappa shape index (κ3) is 3.86. The maximum Gasteiger partial charge on any atom is 0.416 e. The number of piperazine rings is 1. The summed E-state index contributed by atoms with van der Waals surface area (Å²) in [5.74, 6) is -0.343. The summed E-state index contributed by atoms with van der Waals surface area (Å²) >= 11 is 0. The molecule has 0 saturated carbocycles. The van der Waals surface area contributed by atoms with Crippen LogP contribution in [0.4, 0.5) is 13.2 Å². The number of carbonyl (C=O) groups excluding carboxylic acids is 2. The zero-order valence-electron chi connectivity index (χ0n) is 21.6. The van der Waals surface area contributed by atoms with E-state index in [1.54, 1.807) is 44.9 Å². The lowest BCUT2D eigenvalue weighted by atomic mass is 10.0. The fourth-order valence-electron chi connectivity index (χ4n) is 5.64. The van der Waals surface area contributed by atoms with E-state index in [9.17, 15) is 22.8 Å². The summed E-state index contributed by atoms with van der Waals surface area (Å²) in [5.41, 5.74) is 1.84. The molecule has 2 aliphatic heterocycles. The average Bonchev–Trinajstić information content (AvgIpc) is 3.41. The second-order valence-electron chi connectivity index (χ2n) is 10.4. The van der Waals surface area contributed by atoms with Crippen molar-refractivity contribution in [1.82, 2.24) is 24.4 Å². The number of rotatable bonds is 3. The lowest BCUT2D eigenvalue weighted by Gasteiger charge is -2.42. The van der Waals surface area contributed by atoms with Crippen LogP contribution in [-0.4, -0.2) is 55.8 Å². The van der Waals surface area contributed by atoms with Crippen LogP contribution in [0, 0.1) is 0 Å². The van der Waals surface area contributed by atoms with Crippen molar-refractivity contribution in [2.24, 2.45) is 0 Å². The molecule has 1 fully saturated rings. The minimum atomic E-state index is -4.43. The van der Waals surface area contributed by atoms with Gasteiger partial charge >= 0.3 is 17.7 Å². The maximum absolute atomic E-state index is 13.6. The Bertz CT molecular complexity index is 1610. The van der Waals surface area contributed by atoms with E-state index in [1.165, 1.54) is 12.1 Å². The summed E-state index contributed by atoms with van der Waals surface area (Å²) in [5, 5.41) is 4.70. The molecular weight excluding hydrogens is 509 g/mol. The third-order valence-electron chi connectivity index (χ3n) is 7.59. The van der Waals surface area contributed by atoms with Crippen LogP contribution < -0.4 is 4.57 Å². The van der Waals surface area contributed by atoms with E-state index in [2.05, 4.69) is 4.98 Å². The lowest BCUT2D eigenvalue weighted by molar-refractivity contribution is -0.749. The molecule has 1 unspecified atom stereocenters. The van der Waals surface area contributed by atoms with E-state index < -0.39 is 17.4 Å². The summed E-state index contributed by atoms with van der Waals surface area (Å²) in [6.45, 7) is 6.99. The largest absolute Gasteiger partial charge is 0.416 e. The third-order valence-corrected chi connectivity index (χ3v) is 7.59. The second-order valence-corrected chi connectivity index (χ2v) is 10.4. The first-order valence-corrected chi connectivity index (χ1v) is 12.7. The second kappa shape index (κ2) is 8.62. The normalized spacial score (nSPS) is 19.1. The van der Waals surface area contributed by atoms with Crippen LogP contribution in [0.3, 0.4) is 0 Å². The first kappa shape index (κ1) is 25.0.